The van der Waals surface area contributed by atoms with Gasteiger partial charge < -0.3 is 9.13 Å². The lowest BCUT2D eigenvalue weighted by molar-refractivity contribution is 1.18. The first-order valence-corrected chi connectivity index (χ1v) is 20.0. The third-order valence-corrected chi connectivity index (χ3v) is 12.1. The van der Waals surface area contributed by atoms with Crippen LogP contribution in [-0.2, 0) is 0 Å². The Bertz CT molecular complexity index is 3480. The van der Waals surface area contributed by atoms with Gasteiger partial charge >= 0.3 is 0 Å². The molecule has 0 saturated heterocycles. The van der Waals surface area contributed by atoms with E-state index in [2.05, 4.69) is 228 Å². The summed E-state index contributed by atoms with van der Waals surface area (Å²) < 4.78 is 4.83. The molecule has 58 heavy (non-hydrogen) atoms. The number of hydrogen-bond acceptors (Lipinski definition) is 0. The highest BCUT2D eigenvalue weighted by Gasteiger charge is 2.19. The van der Waals surface area contributed by atoms with Crippen molar-refractivity contribution in [2.24, 2.45) is 0 Å². The summed E-state index contributed by atoms with van der Waals surface area (Å²) in [5.74, 6) is 0. The van der Waals surface area contributed by atoms with Gasteiger partial charge in [0.05, 0.1) is 22.1 Å². The summed E-state index contributed by atoms with van der Waals surface area (Å²) in [5.41, 5.74) is 14.5. The summed E-state index contributed by atoms with van der Waals surface area (Å²) in [6.07, 6.45) is 0. The number of hydrogen-bond donors (Lipinski definition) is 0. The standard InChI is InChI=1S/C56H36N2/c1-3-15-37(16-4-1)55-47-21-7-9-23-49(47)56(50-24-10-8-22-48(50)55)38-27-31-42(32-28-38)58-52-26-14-12-20-44(52)46-34-30-40(36-54(46)58)39-29-33-45-43-19-11-13-25-51(43)57(53(45)35-39)41-17-5-2-6-18-41/h1-36H. The van der Waals surface area contributed by atoms with Crippen molar-refractivity contribution in [3.05, 3.63) is 218 Å². The van der Waals surface area contributed by atoms with Gasteiger partial charge in [-0.05, 0) is 103 Å². The predicted molar refractivity (Wildman–Crippen MR) is 246 cm³/mol. The average molecular weight is 737 g/mol. The zero-order valence-corrected chi connectivity index (χ0v) is 31.7. The molecule has 10 aromatic carbocycles. The van der Waals surface area contributed by atoms with Gasteiger partial charge in [0, 0.05) is 32.9 Å². The van der Waals surface area contributed by atoms with Crippen LogP contribution in [0, 0.1) is 0 Å². The van der Waals surface area contributed by atoms with E-state index in [4.69, 9.17) is 0 Å². The highest BCUT2D eigenvalue weighted by molar-refractivity contribution is 6.21. The van der Waals surface area contributed by atoms with Gasteiger partial charge in [0.15, 0.2) is 0 Å². The van der Waals surface area contributed by atoms with Crippen molar-refractivity contribution in [3.63, 3.8) is 0 Å². The largest absolute Gasteiger partial charge is 0.309 e. The Morgan fingerprint density at radius 1 is 0.207 bits per heavy atom. The smallest absolute Gasteiger partial charge is 0.0547 e. The number of fused-ring (bicyclic) bond motifs is 8. The summed E-state index contributed by atoms with van der Waals surface area (Å²) in [6.45, 7) is 0. The van der Waals surface area contributed by atoms with E-state index in [1.165, 1.54) is 98.5 Å². The molecule has 0 N–H and O–H groups in total. The summed E-state index contributed by atoms with van der Waals surface area (Å²) in [6, 6.07) is 79.9. The molecule has 0 fully saturated rings. The molecular formula is C56H36N2. The van der Waals surface area contributed by atoms with E-state index in [1.807, 2.05) is 0 Å². The molecule has 0 bridgehead atoms. The molecule has 0 aliphatic carbocycles. The fourth-order valence-corrected chi connectivity index (χ4v) is 9.57. The molecule has 0 radical (unpaired) electrons. The van der Waals surface area contributed by atoms with Gasteiger partial charge in [-0.1, -0.05) is 170 Å². The second-order valence-electron chi connectivity index (χ2n) is 15.3. The predicted octanol–water partition coefficient (Wildman–Crippen LogP) is 15.2. The third kappa shape index (κ3) is 4.92. The van der Waals surface area contributed by atoms with Crippen LogP contribution in [0.4, 0.5) is 0 Å². The van der Waals surface area contributed by atoms with Crippen molar-refractivity contribution in [2.75, 3.05) is 0 Å². The van der Waals surface area contributed by atoms with Crippen LogP contribution in [0.2, 0.25) is 0 Å². The minimum absolute atomic E-state index is 1.14. The second kappa shape index (κ2) is 12.9. The first-order valence-electron chi connectivity index (χ1n) is 20.0. The van der Waals surface area contributed by atoms with Gasteiger partial charge in [-0.2, -0.15) is 0 Å². The highest BCUT2D eigenvalue weighted by atomic mass is 15.0. The molecule has 270 valence electrons. The molecule has 0 saturated carbocycles. The molecule has 0 aliphatic rings. The first-order chi connectivity index (χ1) is 28.8. The van der Waals surface area contributed by atoms with Gasteiger partial charge in [-0.15, -0.1) is 0 Å². The van der Waals surface area contributed by atoms with Crippen LogP contribution in [-0.4, -0.2) is 9.13 Å². The molecule has 0 amide bonds. The molecule has 0 spiro atoms. The van der Waals surface area contributed by atoms with Crippen LogP contribution in [0.25, 0.3) is 110 Å². The van der Waals surface area contributed by atoms with E-state index in [-0.39, 0.29) is 0 Å². The molecule has 0 unspecified atom stereocenters. The lowest BCUT2D eigenvalue weighted by Crippen LogP contribution is -1.95. The maximum absolute atomic E-state index is 2.44. The molecule has 2 heterocycles. The van der Waals surface area contributed by atoms with Crippen LogP contribution in [0.3, 0.4) is 0 Å². The Balaban J connectivity index is 1.03. The molecule has 0 atom stereocenters. The Morgan fingerprint density at radius 3 is 1.00 bits per heavy atom. The van der Waals surface area contributed by atoms with Crippen LogP contribution < -0.4 is 0 Å². The number of nitrogens with zero attached hydrogens (tertiary/aromatic N) is 2. The lowest BCUT2D eigenvalue weighted by Gasteiger charge is -2.18. The zero-order chi connectivity index (χ0) is 38.2. The van der Waals surface area contributed by atoms with Gasteiger partial charge in [0.1, 0.15) is 0 Å². The Hall–Kier alpha value is -7.68. The van der Waals surface area contributed by atoms with Crippen LogP contribution >= 0.6 is 0 Å². The van der Waals surface area contributed by atoms with Crippen molar-refractivity contribution in [1.82, 2.24) is 9.13 Å². The fourth-order valence-electron chi connectivity index (χ4n) is 9.57. The number of benzene rings is 10. The van der Waals surface area contributed by atoms with Crippen molar-refractivity contribution in [2.45, 2.75) is 0 Å². The Kier molecular flexibility index (Phi) is 7.26. The number of rotatable bonds is 5. The molecule has 12 aromatic rings. The highest BCUT2D eigenvalue weighted by Crippen LogP contribution is 2.44. The van der Waals surface area contributed by atoms with E-state index in [0.29, 0.717) is 0 Å². The zero-order valence-electron chi connectivity index (χ0n) is 31.7. The van der Waals surface area contributed by atoms with Crippen molar-refractivity contribution in [3.8, 4) is 44.8 Å². The minimum Gasteiger partial charge on any atom is -0.309 e. The maximum atomic E-state index is 2.44. The molecular weight excluding hydrogens is 701 g/mol. The molecule has 0 aliphatic heterocycles. The van der Waals surface area contributed by atoms with E-state index < -0.39 is 0 Å². The monoisotopic (exact) mass is 736 g/mol. The van der Waals surface area contributed by atoms with E-state index in [1.54, 1.807) is 0 Å². The molecule has 2 nitrogen and oxygen atoms in total. The van der Waals surface area contributed by atoms with Gasteiger partial charge in [-0.25, -0.2) is 0 Å². The average Bonchev–Trinajstić information content (AvgIpc) is 3.81. The summed E-state index contributed by atoms with van der Waals surface area (Å²) in [4.78, 5) is 0. The molecule has 12 rings (SSSR count). The SMILES string of the molecule is c1ccc(-c2c3ccccc3c(-c3ccc(-n4c5ccccc5c5ccc(-c6ccc7c8ccccc8n(-c8ccccc8)c7c6)cc54)cc3)c3ccccc23)cc1. The Labute approximate surface area is 336 Å². The normalized spacial score (nSPS) is 11.8. The van der Waals surface area contributed by atoms with Crippen LogP contribution in [0.1, 0.15) is 0 Å². The second-order valence-corrected chi connectivity index (χ2v) is 15.3. The molecule has 2 aromatic heterocycles. The minimum atomic E-state index is 1.14. The van der Waals surface area contributed by atoms with Gasteiger partial charge in [0.2, 0.25) is 0 Å². The van der Waals surface area contributed by atoms with Crippen LogP contribution in [0.15, 0.2) is 218 Å². The van der Waals surface area contributed by atoms with E-state index in [9.17, 15) is 0 Å². The van der Waals surface area contributed by atoms with Crippen molar-refractivity contribution >= 4 is 65.2 Å². The van der Waals surface area contributed by atoms with Crippen molar-refractivity contribution in [1.29, 1.82) is 0 Å². The topological polar surface area (TPSA) is 9.86 Å². The van der Waals surface area contributed by atoms with E-state index >= 15 is 0 Å². The summed E-state index contributed by atoms with van der Waals surface area (Å²) in [5, 5.41) is 10.1. The third-order valence-electron chi connectivity index (χ3n) is 12.1. The van der Waals surface area contributed by atoms with E-state index in [0.717, 1.165) is 11.4 Å². The molecule has 2 heteroatoms. The maximum Gasteiger partial charge on any atom is 0.0547 e. The van der Waals surface area contributed by atoms with Crippen molar-refractivity contribution < 1.29 is 0 Å². The summed E-state index contributed by atoms with van der Waals surface area (Å²) >= 11 is 0. The first kappa shape index (κ1) is 32.6. The fraction of sp³-hybridized carbons (Fsp3) is 0. The van der Waals surface area contributed by atoms with Gasteiger partial charge in [0.25, 0.3) is 0 Å². The quantitative estimate of drug-likeness (QED) is 0.156. The number of para-hydroxylation sites is 3. The summed E-state index contributed by atoms with van der Waals surface area (Å²) in [7, 11) is 0. The Morgan fingerprint density at radius 2 is 0.534 bits per heavy atom. The number of aromatic nitrogens is 2. The lowest BCUT2D eigenvalue weighted by atomic mass is 9.86. The van der Waals surface area contributed by atoms with Gasteiger partial charge in [-0.3, -0.25) is 0 Å². The van der Waals surface area contributed by atoms with Crippen LogP contribution in [0.5, 0.6) is 0 Å².